The van der Waals surface area contributed by atoms with E-state index in [1.165, 1.54) is 25.3 Å². The molecule has 1 aliphatic heterocycles. The van der Waals surface area contributed by atoms with Crippen molar-refractivity contribution in [2.75, 3.05) is 6.54 Å². The molecule has 2 rings (SSSR count). The van der Waals surface area contributed by atoms with E-state index in [9.17, 15) is 18.0 Å². The van der Waals surface area contributed by atoms with Crippen LogP contribution < -0.4 is 11.1 Å². The van der Waals surface area contributed by atoms with Gasteiger partial charge in [0, 0.05) is 12.7 Å². The van der Waals surface area contributed by atoms with Gasteiger partial charge in [0.1, 0.15) is 10.9 Å². The summed E-state index contributed by atoms with van der Waals surface area (Å²) in [5, 5.41) is 2.09. The third kappa shape index (κ3) is 2.42. The molecule has 0 aliphatic carbocycles. The Morgan fingerprint density at radius 2 is 2.20 bits per heavy atom. The average Bonchev–Trinajstić information content (AvgIpc) is 2.42. The Balaban J connectivity index is 2.49. The molecule has 108 valence electrons. The molecule has 1 aromatic heterocycles. The van der Waals surface area contributed by atoms with Crippen LogP contribution in [0, 0.1) is 0 Å². The van der Waals surface area contributed by atoms with Crippen molar-refractivity contribution in [2.45, 2.75) is 24.4 Å². The molecule has 1 aromatic rings. The molecule has 9 heteroatoms. The largest absolute Gasteiger partial charge is 0.325 e. The molecule has 1 atom stereocenters. The third-order valence-corrected chi connectivity index (χ3v) is 4.99. The van der Waals surface area contributed by atoms with Crippen LogP contribution in [0.5, 0.6) is 0 Å². The summed E-state index contributed by atoms with van der Waals surface area (Å²) in [6.07, 6.45) is 1.43. The Morgan fingerprint density at radius 1 is 1.50 bits per heavy atom. The van der Waals surface area contributed by atoms with Gasteiger partial charge in [-0.2, -0.15) is 4.31 Å². The lowest BCUT2D eigenvalue weighted by atomic mass is 10.2. The molecule has 1 fully saturated rings. The molecule has 1 saturated heterocycles. The summed E-state index contributed by atoms with van der Waals surface area (Å²) in [5.74, 6) is -1.31. The number of rotatable bonds is 3. The van der Waals surface area contributed by atoms with Crippen LogP contribution in [0.1, 0.15) is 12.6 Å². The van der Waals surface area contributed by atoms with E-state index in [0.717, 1.165) is 4.31 Å². The van der Waals surface area contributed by atoms with E-state index in [2.05, 4.69) is 10.3 Å². The fourth-order valence-corrected chi connectivity index (χ4v) is 3.66. The molecular weight excluding hydrogens is 284 g/mol. The van der Waals surface area contributed by atoms with Gasteiger partial charge in [-0.25, -0.2) is 8.42 Å². The predicted octanol–water partition coefficient (Wildman–Crippen LogP) is -1.42. The van der Waals surface area contributed by atoms with E-state index in [4.69, 9.17) is 5.73 Å². The van der Waals surface area contributed by atoms with Gasteiger partial charge in [0.15, 0.2) is 0 Å². The van der Waals surface area contributed by atoms with Crippen molar-refractivity contribution in [3.05, 3.63) is 24.0 Å². The molecule has 1 aliphatic rings. The van der Waals surface area contributed by atoms with Gasteiger partial charge in [0.25, 0.3) is 0 Å². The first-order valence-corrected chi connectivity index (χ1v) is 7.31. The van der Waals surface area contributed by atoms with E-state index in [-0.39, 0.29) is 17.1 Å². The highest BCUT2D eigenvalue weighted by molar-refractivity contribution is 7.89. The molecule has 8 nitrogen and oxygen atoms in total. The quantitative estimate of drug-likeness (QED) is 0.660. The number of hydrogen-bond donors (Lipinski definition) is 2. The van der Waals surface area contributed by atoms with E-state index in [1.807, 2.05) is 0 Å². The molecule has 3 N–H and O–H groups in total. The van der Waals surface area contributed by atoms with Crippen molar-refractivity contribution in [1.29, 1.82) is 0 Å². The second kappa shape index (κ2) is 5.27. The fraction of sp³-hybridized carbons (Fsp3) is 0.364. The molecule has 0 spiro atoms. The summed E-state index contributed by atoms with van der Waals surface area (Å²) in [6.45, 7) is 0.948. The minimum absolute atomic E-state index is 0.0578. The smallest absolute Gasteiger partial charge is 0.246 e. The molecule has 0 saturated carbocycles. The van der Waals surface area contributed by atoms with Gasteiger partial charge >= 0.3 is 0 Å². The third-order valence-electron chi connectivity index (χ3n) is 3.00. The van der Waals surface area contributed by atoms with E-state index >= 15 is 0 Å². The molecule has 0 radical (unpaired) electrons. The zero-order valence-corrected chi connectivity index (χ0v) is 11.6. The second-order valence-electron chi connectivity index (χ2n) is 4.29. The number of amides is 2. The van der Waals surface area contributed by atoms with E-state index in [1.54, 1.807) is 0 Å². The number of nitrogens with two attached hydrogens (primary N) is 1. The molecule has 20 heavy (non-hydrogen) atoms. The monoisotopic (exact) mass is 298 g/mol. The predicted molar refractivity (Wildman–Crippen MR) is 68.6 cm³/mol. The van der Waals surface area contributed by atoms with Crippen molar-refractivity contribution >= 4 is 21.8 Å². The molecule has 0 bridgehead atoms. The van der Waals surface area contributed by atoms with E-state index in [0.29, 0.717) is 0 Å². The van der Waals surface area contributed by atoms with Crippen LogP contribution in [0.15, 0.2) is 23.2 Å². The highest BCUT2D eigenvalue weighted by Crippen LogP contribution is 2.21. The Morgan fingerprint density at radius 3 is 2.85 bits per heavy atom. The molecule has 0 aromatic carbocycles. The number of carbonyl (C=O) groups is 2. The van der Waals surface area contributed by atoms with Crippen LogP contribution in [0.4, 0.5) is 0 Å². The number of piperazine rings is 1. The lowest BCUT2D eigenvalue weighted by Gasteiger charge is -2.30. The minimum Gasteiger partial charge on any atom is -0.325 e. The average molecular weight is 298 g/mol. The van der Waals surface area contributed by atoms with Crippen molar-refractivity contribution in [1.82, 2.24) is 14.6 Å². The summed E-state index contributed by atoms with van der Waals surface area (Å²) in [5.41, 5.74) is 5.67. The standard InChI is InChI=1S/C11H14N4O4S/c1-7-11(17)14-10(16)6-15(7)20(18,19)9-3-2-4-13-8(9)5-12/h2-4,7H,5-6,12H2,1H3,(H,14,16,17). The van der Waals surface area contributed by atoms with Crippen molar-refractivity contribution in [3.8, 4) is 0 Å². The lowest BCUT2D eigenvalue weighted by molar-refractivity contribution is -0.136. The fourth-order valence-electron chi connectivity index (χ4n) is 1.92. The van der Waals surface area contributed by atoms with Gasteiger partial charge in [-0.05, 0) is 19.1 Å². The Kier molecular flexibility index (Phi) is 3.84. The molecule has 1 unspecified atom stereocenters. The van der Waals surface area contributed by atoms with E-state index < -0.39 is 34.4 Å². The number of hydrogen-bond acceptors (Lipinski definition) is 6. The van der Waals surface area contributed by atoms with Gasteiger partial charge in [-0.1, -0.05) is 0 Å². The van der Waals surface area contributed by atoms with Gasteiger partial charge < -0.3 is 5.73 Å². The van der Waals surface area contributed by atoms with Gasteiger partial charge in [0.05, 0.1) is 12.2 Å². The zero-order valence-electron chi connectivity index (χ0n) is 10.7. The van der Waals surface area contributed by atoms with Gasteiger partial charge in [-0.3, -0.25) is 19.9 Å². The van der Waals surface area contributed by atoms with Crippen molar-refractivity contribution < 1.29 is 18.0 Å². The van der Waals surface area contributed by atoms with Crippen LogP contribution in [-0.2, 0) is 26.2 Å². The summed E-state index contributed by atoms with van der Waals surface area (Å²) < 4.78 is 26.0. The first-order valence-electron chi connectivity index (χ1n) is 5.87. The van der Waals surface area contributed by atoms with Crippen LogP contribution >= 0.6 is 0 Å². The number of imide groups is 1. The Hall–Kier alpha value is -1.84. The number of nitrogens with zero attached hydrogens (tertiary/aromatic N) is 2. The number of carbonyl (C=O) groups excluding carboxylic acids is 2. The first-order chi connectivity index (χ1) is 9.37. The number of aromatic nitrogens is 1. The maximum atomic E-state index is 12.6. The van der Waals surface area contributed by atoms with Crippen LogP contribution in [0.2, 0.25) is 0 Å². The van der Waals surface area contributed by atoms with Gasteiger partial charge in [-0.15, -0.1) is 0 Å². The van der Waals surface area contributed by atoms with Crippen molar-refractivity contribution in [2.24, 2.45) is 5.73 Å². The number of nitrogens with one attached hydrogen (secondary N) is 1. The lowest BCUT2D eigenvalue weighted by Crippen LogP contribution is -2.58. The highest BCUT2D eigenvalue weighted by atomic mass is 32.2. The SMILES string of the molecule is CC1C(=O)NC(=O)CN1S(=O)(=O)c1cccnc1CN. The molecule has 2 amide bonds. The van der Waals surface area contributed by atoms with Crippen LogP contribution in [0.3, 0.4) is 0 Å². The maximum absolute atomic E-state index is 12.6. The highest BCUT2D eigenvalue weighted by Gasteiger charge is 2.39. The van der Waals surface area contributed by atoms with Crippen LogP contribution in [-0.4, -0.2) is 42.1 Å². The molecule has 2 heterocycles. The number of pyridine rings is 1. The minimum atomic E-state index is -4.01. The number of sulfonamides is 1. The summed E-state index contributed by atoms with van der Waals surface area (Å²) in [4.78, 5) is 26.8. The molecular formula is C11H14N4O4S. The summed E-state index contributed by atoms with van der Waals surface area (Å²) in [6, 6.07) is 1.85. The normalized spacial score (nSPS) is 20.8. The summed E-state index contributed by atoms with van der Waals surface area (Å²) in [7, 11) is -4.01. The second-order valence-corrected chi connectivity index (χ2v) is 6.15. The van der Waals surface area contributed by atoms with Gasteiger partial charge in [0.2, 0.25) is 21.8 Å². The zero-order chi connectivity index (χ0) is 14.9. The summed E-state index contributed by atoms with van der Waals surface area (Å²) >= 11 is 0. The Bertz CT molecular complexity index is 658. The van der Waals surface area contributed by atoms with Crippen LogP contribution in [0.25, 0.3) is 0 Å². The van der Waals surface area contributed by atoms with Crippen molar-refractivity contribution in [3.63, 3.8) is 0 Å². The topological polar surface area (TPSA) is 122 Å². The first kappa shape index (κ1) is 14.6. The Labute approximate surface area is 116 Å². The maximum Gasteiger partial charge on any atom is 0.246 e.